The van der Waals surface area contributed by atoms with E-state index in [0.717, 1.165) is 3.71 Å². The summed E-state index contributed by atoms with van der Waals surface area (Å²) in [6.45, 7) is 1.38. The maximum absolute atomic E-state index is 9.92. The van der Waals surface area contributed by atoms with Crippen molar-refractivity contribution in [1.82, 2.24) is 14.1 Å². The third kappa shape index (κ3) is 7.20. The normalized spacial score (nSPS) is 7.91. The molecule has 0 saturated heterocycles. The molecule has 0 aromatic carbocycles. The van der Waals surface area contributed by atoms with Crippen LogP contribution in [0.4, 0.5) is 0 Å². The lowest BCUT2D eigenvalue weighted by Crippen LogP contribution is -2.03. The summed E-state index contributed by atoms with van der Waals surface area (Å²) in [5, 5.41) is 6.40. The Bertz CT molecular complexity index is 172. The molecule has 0 fully saturated rings. The Morgan fingerprint density at radius 3 is 2.27 bits per heavy atom. The van der Waals surface area contributed by atoms with E-state index in [2.05, 4.69) is 40.5 Å². The van der Waals surface area contributed by atoms with E-state index in [0.29, 0.717) is 0 Å². The molecule has 1 rings (SSSR count). The minimum absolute atomic E-state index is 0.179. The third-order valence-corrected chi connectivity index (χ3v) is 1.13. The van der Waals surface area contributed by atoms with Gasteiger partial charge in [-0.05, 0) is 0 Å². The number of rotatable bonds is 0. The molecule has 0 unspecified atom stereocenters. The number of nitrogens with zero attached hydrogens (tertiary/aromatic N) is 3. The molecule has 0 aliphatic rings. The number of hydrogen-bond acceptors (Lipinski definition) is 6. The Morgan fingerprint density at radius 1 is 1.64 bits per heavy atom. The van der Waals surface area contributed by atoms with Crippen LogP contribution in [0.1, 0.15) is 6.92 Å². The number of thiol groups is 2. The summed E-state index contributed by atoms with van der Waals surface area (Å²) >= 11 is 7.08. The van der Waals surface area contributed by atoms with Crippen LogP contribution in [-0.4, -0.2) is 20.0 Å². The Kier molecular flexibility index (Phi) is 5.67. The van der Waals surface area contributed by atoms with Crippen LogP contribution in [0.2, 0.25) is 0 Å². The molecule has 0 saturated carbocycles. The van der Waals surface area contributed by atoms with E-state index >= 15 is 0 Å². The lowest BCUT2D eigenvalue weighted by atomic mass is 10.8. The minimum Gasteiger partial charge on any atom is -0.346 e. The van der Waals surface area contributed by atoms with Gasteiger partial charge in [0.1, 0.15) is 6.26 Å². The average Bonchev–Trinajstić information content (AvgIpc) is 2.41. The van der Waals surface area contributed by atoms with Crippen molar-refractivity contribution in [2.45, 2.75) is 6.92 Å². The molecule has 1 amide bonds. The summed E-state index contributed by atoms with van der Waals surface area (Å²) in [7, 11) is 0. The molecule has 62 valence electrons. The topological polar surface area (TPSA) is 59.2 Å². The first-order chi connectivity index (χ1) is 5.14. The molecule has 0 aliphatic carbocycles. The Labute approximate surface area is 74.8 Å². The number of carbonyl (C=O) groups excluding carboxylic acids is 1. The van der Waals surface area contributed by atoms with Gasteiger partial charge in [0.25, 0.3) is 0 Å². The van der Waals surface area contributed by atoms with Crippen LogP contribution in [0.25, 0.3) is 0 Å². The highest BCUT2D eigenvalue weighted by Gasteiger charge is 1.90. The van der Waals surface area contributed by atoms with E-state index in [1.165, 1.54) is 19.4 Å². The predicted molar refractivity (Wildman–Crippen MR) is 44.8 cm³/mol. The highest BCUT2D eigenvalue weighted by molar-refractivity contribution is 7.94. The van der Waals surface area contributed by atoms with Crippen LogP contribution in [0.3, 0.4) is 0 Å². The van der Waals surface area contributed by atoms with E-state index in [4.69, 9.17) is 0 Å². The van der Waals surface area contributed by atoms with E-state index < -0.39 is 0 Å². The summed E-state index contributed by atoms with van der Waals surface area (Å²) in [6.07, 6.45) is 2.88. The Morgan fingerprint density at radius 2 is 2.18 bits per heavy atom. The summed E-state index contributed by atoms with van der Waals surface area (Å²) in [5.41, 5.74) is 0. The van der Waals surface area contributed by atoms with Gasteiger partial charge in [-0.1, -0.05) is 25.6 Å². The second-order valence-electron chi connectivity index (χ2n) is 1.40. The van der Waals surface area contributed by atoms with Crippen molar-refractivity contribution in [2.24, 2.45) is 0 Å². The largest absolute Gasteiger partial charge is 0.346 e. The van der Waals surface area contributed by atoms with Crippen molar-refractivity contribution in [2.75, 3.05) is 0 Å². The van der Waals surface area contributed by atoms with Gasteiger partial charge in [-0.3, -0.25) is 4.79 Å². The zero-order chi connectivity index (χ0) is 8.69. The molecule has 0 radical (unpaired) electrons. The number of aromatic nitrogens is 2. The van der Waals surface area contributed by atoms with Gasteiger partial charge < -0.3 is 4.52 Å². The number of carbonyl (C=O) groups is 1. The summed E-state index contributed by atoms with van der Waals surface area (Å²) in [5.74, 6) is -0.179. The molecule has 1 heterocycles. The fourth-order valence-corrected chi connectivity index (χ4v) is 0.136. The molecule has 0 spiro atoms. The fourth-order valence-electron chi connectivity index (χ4n) is 0.136. The molecule has 7 heteroatoms. The molecule has 11 heavy (non-hydrogen) atoms. The first-order valence-electron chi connectivity index (χ1n) is 2.54. The molecule has 0 atom stereocenters. The third-order valence-electron chi connectivity index (χ3n) is 0.564. The number of hydrogen-bond donors (Lipinski definition) is 2. The fraction of sp³-hybridized carbons (Fsp3) is 0.250. The van der Waals surface area contributed by atoms with Crippen molar-refractivity contribution in [1.29, 1.82) is 0 Å². The van der Waals surface area contributed by atoms with Gasteiger partial charge in [-0.15, -0.1) is 5.10 Å². The molecule has 1 aromatic rings. The summed E-state index contributed by atoms with van der Waals surface area (Å²) in [4.78, 5) is 9.92. The van der Waals surface area contributed by atoms with Crippen LogP contribution in [0, 0.1) is 0 Å². The van der Waals surface area contributed by atoms with Gasteiger partial charge in [0.05, 0.1) is 6.20 Å². The van der Waals surface area contributed by atoms with Crippen LogP contribution >= 0.6 is 25.6 Å². The van der Waals surface area contributed by atoms with Gasteiger partial charge in [0, 0.05) is 12.2 Å². The first-order valence-corrected chi connectivity index (χ1v) is 3.34. The predicted octanol–water partition coefficient (Wildman–Crippen LogP) is 0.594. The van der Waals surface area contributed by atoms with E-state index in [1.807, 2.05) is 0 Å². The van der Waals surface area contributed by atoms with E-state index in [9.17, 15) is 4.79 Å². The van der Waals surface area contributed by atoms with Crippen molar-refractivity contribution >= 4 is 31.5 Å². The van der Waals surface area contributed by atoms with Crippen molar-refractivity contribution in [3.63, 3.8) is 0 Å². The van der Waals surface area contributed by atoms with Crippen molar-refractivity contribution < 1.29 is 9.32 Å². The lowest BCUT2D eigenvalue weighted by molar-refractivity contribution is -0.120. The first kappa shape index (κ1) is 10.3. The van der Waals surface area contributed by atoms with Gasteiger partial charge in [-0.2, -0.15) is 0 Å². The highest BCUT2D eigenvalue weighted by Crippen LogP contribution is 1.94. The maximum Gasteiger partial charge on any atom is 0.239 e. The summed E-state index contributed by atoms with van der Waals surface area (Å²) in [6, 6.07) is 0. The maximum atomic E-state index is 9.92. The van der Waals surface area contributed by atoms with Crippen LogP contribution in [-0.2, 0) is 4.79 Å². The molecule has 0 N–H and O–H groups in total. The molecule has 1 aromatic heterocycles. The highest BCUT2D eigenvalue weighted by atomic mass is 32.2. The smallest absolute Gasteiger partial charge is 0.239 e. The zero-order valence-corrected chi connectivity index (χ0v) is 7.50. The average molecular weight is 193 g/mol. The van der Waals surface area contributed by atoms with Crippen LogP contribution in [0.15, 0.2) is 17.0 Å². The second kappa shape index (κ2) is 6.05. The lowest BCUT2D eigenvalue weighted by Gasteiger charge is -1.98. The second-order valence-corrected chi connectivity index (χ2v) is 2.51. The van der Waals surface area contributed by atoms with E-state index in [1.54, 1.807) is 0 Å². The van der Waals surface area contributed by atoms with Gasteiger partial charge >= 0.3 is 0 Å². The molecular weight excluding hydrogens is 186 g/mol. The van der Waals surface area contributed by atoms with Crippen LogP contribution < -0.4 is 0 Å². The molecule has 0 bridgehead atoms. The van der Waals surface area contributed by atoms with Gasteiger partial charge in [-0.25, -0.2) is 3.71 Å². The standard InChI is InChI=1S/C2H2N2O.C2H5NOS2/c1-2-5-4-3-1;1-2(4)3(5)6/h1-2H;5-6H,1H3. The molecular formula is C4H7N3O2S2. The van der Waals surface area contributed by atoms with Crippen LogP contribution in [0.5, 0.6) is 0 Å². The van der Waals surface area contributed by atoms with Crippen molar-refractivity contribution in [3.8, 4) is 0 Å². The molecule has 5 nitrogen and oxygen atoms in total. The van der Waals surface area contributed by atoms with E-state index in [-0.39, 0.29) is 5.91 Å². The minimum atomic E-state index is -0.179. The van der Waals surface area contributed by atoms with Crippen molar-refractivity contribution in [3.05, 3.63) is 12.5 Å². The Balaban J connectivity index is 0.000000183. The Hall–Kier alpha value is -0.690. The SMILES string of the molecule is CC(=O)N(S)S.c1conn1. The monoisotopic (exact) mass is 193 g/mol. The zero-order valence-electron chi connectivity index (χ0n) is 5.71. The quantitative estimate of drug-likeness (QED) is 0.592. The number of amides is 1. The summed E-state index contributed by atoms with van der Waals surface area (Å²) < 4.78 is 5.14. The van der Waals surface area contributed by atoms with Gasteiger partial charge in [0.15, 0.2) is 0 Å². The van der Waals surface area contributed by atoms with Gasteiger partial charge in [0.2, 0.25) is 5.91 Å². The molecule has 0 aliphatic heterocycles.